The molecule has 1 aromatic rings. The number of hydrogen-bond donors (Lipinski definition) is 2. The molecule has 1 aromatic carbocycles. The monoisotopic (exact) mass is 358 g/mol. The Bertz CT molecular complexity index is 529. The first-order chi connectivity index (χ1) is 11.2. The van der Waals surface area contributed by atoms with Crippen molar-refractivity contribution in [2.45, 2.75) is 24.4 Å². The Morgan fingerprint density at radius 1 is 1.25 bits per heavy atom. The van der Waals surface area contributed by atoms with Gasteiger partial charge in [0, 0.05) is 38.3 Å². The van der Waals surface area contributed by atoms with Gasteiger partial charge in [-0.25, -0.2) is 4.39 Å². The van der Waals surface area contributed by atoms with Gasteiger partial charge in [-0.1, -0.05) is 12.1 Å². The van der Waals surface area contributed by atoms with E-state index in [1.54, 1.807) is 0 Å². The SMILES string of the molecule is Cl.O=C(NCC1(c2ccc(F)cc2)CCOCC1)C1CNCCO1. The molecule has 0 saturated carbocycles. The average molecular weight is 359 g/mol. The van der Waals surface area contributed by atoms with Crippen molar-refractivity contribution in [2.75, 3.05) is 39.5 Å². The van der Waals surface area contributed by atoms with Crippen LogP contribution < -0.4 is 10.6 Å². The minimum absolute atomic E-state index is 0. The van der Waals surface area contributed by atoms with Gasteiger partial charge in [0.2, 0.25) is 5.91 Å². The first-order valence-electron chi connectivity index (χ1n) is 8.13. The number of amides is 1. The maximum absolute atomic E-state index is 13.2. The van der Waals surface area contributed by atoms with Crippen LogP contribution in [0.3, 0.4) is 0 Å². The molecule has 0 spiro atoms. The molecule has 3 rings (SSSR count). The van der Waals surface area contributed by atoms with Crippen molar-refractivity contribution in [1.82, 2.24) is 10.6 Å². The summed E-state index contributed by atoms with van der Waals surface area (Å²) >= 11 is 0. The second-order valence-corrected chi connectivity index (χ2v) is 6.18. The van der Waals surface area contributed by atoms with Crippen LogP contribution in [0, 0.1) is 5.82 Å². The summed E-state index contributed by atoms with van der Waals surface area (Å²) in [6, 6.07) is 6.57. The molecule has 24 heavy (non-hydrogen) atoms. The fourth-order valence-corrected chi connectivity index (χ4v) is 3.24. The van der Waals surface area contributed by atoms with Crippen molar-refractivity contribution in [3.8, 4) is 0 Å². The van der Waals surface area contributed by atoms with Crippen LogP contribution in [0.5, 0.6) is 0 Å². The summed E-state index contributed by atoms with van der Waals surface area (Å²) in [7, 11) is 0. The number of nitrogens with one attached hydrogen (secondary N) is 2. The zero-order valence-corrected chi connectivity index (χ0v) is 14.4. The molecule has 0 bridgehead atoms. The van der Waals surface area contributed by atoms with Crippen LogP contribution >= 0.6 is 12.4 Å². The van der Waals surface area contributed by atoms with E-state index in [9.17, 15) is 9.18 Å². The minimum Gasteiger partial charge on any atom is -0.381 e. The van der Waals surface area contributed by atoms with Gasteiger partial charge < -0.3 is 20.1 Å². The van der Waals surface area contributed by atoms with E-state index in [0.717, 1.165) is 24.9 Å². The Labute approximate surface area is 147 Å². The second kappa shape index (κ2) is 8.76. The summed E-state index contributed by atoms with van der Waals surface area (Å²) in [6.07, 6.45) is 1.18. The van der Waals surface area contributed by atoms with E-state index in [0.29, 0.717) is 32.9 Å². The predicted molar refractivity (Wildman–Crippen MR) is 91.0 cm³/mol. The largest absolute Gasteiger partial charge is 0.381 e. The standard InChI is InChI=1S/C17H23FN2O3.ClH/c18-14-3-1-13(2-4-14)17(5-8-22-9-6-17)12-20-16(21)15-11-19-7-10-23-15;/h1-4,15,19H,5-12H2,(H,20,21);1H. The Kier molecular flexibility index (Phi) is 6.98. The number of benzene rings is 1. The Morgan fingerprint density at radius 2 is 1.96 bits per heavy atom. The quantitative estimate of drug-likeness (QED) is 0.854. The Hall–Kier alpha value is -1.21. The molecule has 0 aromatic heterocycles. The van der Waals surface area contributed by atoms with Gasteiger partial charge in [0.05, 0.1) is 6.61 Å². The molecule has 5 nitrogen and oxygen atoms in total. The van der Waals surface area contributed by atoms with Crippen LogP contribution in [-0.4, -0.2) is 51.5 Å². The van der Waals surface area contributed by atoms with Gasteiger partial charge in [0.1, 0.15) is 11.9 Å². The van der Waals surface area contributed by atoms with Crippen LogP contribution in [0.4, 0.5) is 4.39 Å². The summed E-state index contributed by atoms with van der Waals surface area (Å²) in [5, 5.41) is 6.18. The van der Waals surface area contributed by atoms with Crippen LogP contribution in [0.2, 0.25) is 0 Å². The number of morpholine rings is 1. The van der Waals surface area contributed by atoms with E-state index in [1.807, 2.05) is 12.1 Å². The first kappa shape index (κ1) is 19.1. The van der Waals surface area contributed by atoms with Crippen molar-refractivity contribution in [3.05, 3.63) is 35.6 Å². The number of hydrogen-bond acceptors (Lipinski definition) is 4. The van der Waals surface area contributed by atoms with E-state index < -0.39 is 6.10 Å². The van der Waals surface area contributed by atoms with Crippen LogP contribution in [-0.2, 0) is 19.7 Å². The number of carbonyl (C=O) groups is 1. The number of rotatable bonds is 4. The lowest BCUT2D eigenvalue weighted by atomic mass is 9.74. The van der Waals surface area contributed by atoms with Crippen molar-refractivity contribution in [1.29, 1.82) is 0 Å². The van der Waals surface area contributed by atoms with Crippen molar-refractivity contribution in [2.24, 2.45) is 0 Å². The Balaban J connectivity index is 0.00000208. The summed E-state index contributed by atoms with van der Waals surface area (Å²) in [4.78, 5) is 12.3. The highest BCUT2D eigenvalue weighted by atomic mass is 35.5. The zero-order chi connectivity index (χ0) is 16.1. The normalized spacial score (nSPS) is 23.1. The van der Waals surface area contributed by atoms with Gasteiger partial charge in [0.15, 0.2) is 0 Å². The lowest BCUT2D eigenvalue weighted by molar-refractivity contribution is -0.134. The molecule has 2 saturated heterocycles. The highest BCUT2D eigenvalue weighted by Crippen LogP contribution is 2.34. The third-order valence-electron chi connectivity index (χ3n) is 4.73. The molecule has 2 aliphatic rings. The minimum atomic E-state index is -0.436. The summed E-state index contributed by atoms with van der Waals surface area (Å²) < 4.78 is 24.2. The highest BCUT2D eigenvalue weighted by molar-refractivity contribution is 5.85. The van der Waals surface area contributed by atoms with E-state index in [4.69, 9.17) is 9.47 Å². The predicted octanol–water partition coefficient (Wildman–Crippen LogP) is 1.40. The topological polar surface area (TPSA) is 59.6 Å². The molecule has 0 radical (unpaired) electrons. The molecule has 2 aliphatic heterocycles. The molecule has 1 unspecified atom stereocenters. The number of carbonyl (C=O) groups excluding carboxylic acids is 1. The van der Waals surface area contributed by atoms with Gasteiger partial charge in [-0.2, -0.15) is 0 Å². The highest BCUT2D eigenvalue weighted by Gasteiger charge is 2.35. The molecule has 7 heteroatoms. The fraction of sp³-hybridized carbons (Fsp3) is 0.588. The molecule has 134 valence electrons. The third-order valence-corrected chi connectivity index (χ3v) is 4.73. The molecule has 1 amide bonds. The maximum atomic E-state index is 13.2. The molecular formula is C17H24ClFN2O3. The van der Waals surface area contributed by atoms with Crippen LogP contribution in [0.25, 0.3) is 0 Å². The summed E-state index contributed by atoms with van der Waals surface area (Å²) in [5.74, 6) is -0.341. The molecule has 1 atom stereocenters. The smallest absolute Gasteiger partial charge is 0.250 e. The summed E-state index contributed by atoms with van der Waals surface area (Å²) in [5.41, 5.74) is 0.842. The van der Waals surface area contributed by atoms with Gasteiger partial charge in [0.25, 0.3) is 0 Å². The Morgan fingerprint density at radius 3 is 2.58 bits per heavy atom. The molecular weight excluding hydrogens is 335 g/mol. The first-order valence-corrected chi connectivity index (χ1v) is 8.13. The maximum Gasteiger partial charge on any atom is 0.250 e. The van der Waals surface area contributed by atoms with Crippen LogP contribution in [0.1, 0.15) is 18.4 Å². The van der Waals surface area contributed by atoms with Crippen molar-refractivity contribution < 1.29 is 18.7 Å². The molecule has 2 N–H and O–H groups in total. The molecule has 2 heterocycles. The lowest BCUT2D eigenvalue weighted by Crippen LogP contribution is -2.51. The van der Waals surface area contributed by atoms with E-state index in [-0.39, 0.29) is 29.5 Å². The number of halogens is 2. The number of ether oxygens (including phenoxy) is 2. The second-order valence-electron chi connectivity index (χ2n) is 6.18. The zero-order valence-electron chi connectivity index (χ0n) is 13.6. The average Bonchev–Trinajstić information content (AvgIpc) is 2.62. The fourth-order valence-electron chi connectivity index (χ4n) is 3.24. The van der Waals surface area contributed by atoms with E-state index in [1.165, 1.54) is 12.1 Å². The molecule has 2 fully saturated rings. The summed E-state index contributed by atoms with van der Waals surface area (Å²) in [6.45, 7) is 3.68. The third kappa shape index (κ3) is 4.45. The van der Waals surface area contributed by atoms with Crippen LogP contribution in [0.15, 0.2) is 24.3 Å². The van der Waals surface area contributed by atoms with Gasteiger partial charge in [-0.3, -0.25) is 4.79 Å². The van der Waals surface area contributed by atoms with Crippen molar-refractivity contribution >= 4 is 18.3 Å². The van der Waals surface area contributed by atoms with Crippen molar-refractivity contribution in [3.63, 3.8) is 0 Å². The van der Waals surface area contributed by atoms with E-state index in [2.05, 4.69) is 10.6 Å². The van der Waals surface area contributed by atoms with Gasteiger partial charge >= 0.3 is 0 Å². The van der Waals surface area contributed by atoms with Gasteiger partial charge in [-0.15, -0.1) is 12.4 Å². The molecule has 0 aliphatic carbocycles. The van der Waals surface area contributed by atoms with Gasteiger partial charge in [-0.05, 0) is 30.5 Å². The van der Waals surface area contributed by atoms with E-state index >= 15 is 0 Å². The lowest BCUT2D eigenvalue weighted by Gasteiger charge is -2.38.